The van der Waals surface area contributed by atoms with Crippen LogP contribution in [0.5, 0.6) is 0 Å². The van der Waals surface area contributed by atoms with Gasteiger partial charge in [-0.15, -0.1) is 0 Å². The Bertz CT molecular complexity index is 414. The minimum atomic E-state index is -3.51. The van der Waals surface area contributed by atoms with Crippen molar-refractivity contribution >= 4 is 10.0 Å². The van der Waals surface area contributed by atoms with E-state index in [0.717, 1.165) is 4.47 Å². The lowest BCUT2D eigenvalue weighted by atomic mass is 10.2. The third-order valence-corrected chi connectivity index (χ3v) is 3.81. The number of hydroxylamine groups is 1. The number of rotatable bonds is 3. The van der Waals surface area contributed by atoms with E-state index in [2.05, 4.69) is 4.84 Å². The van der Waals surface area contributed by atoms with Crippen molar-refractivity contribution in [2.24, 2.45) is 0 Å². The molecule has 0 aliphatic rings. The SMILES string of the molecule is CON(C)S(=O)(=O)c1ccccc1C. The molecule has 0 heterocycles. The second kappa shape index (κ2) is 4.08. The van der Waals surface area contributed by atoms with Crippen molar-refractivity contribution in [2.75, 3.05) is 14.2 Å². The van der Waals surface area contributed by atoms with Crippen molar-refractivity contribution in [3.05, 3.63) is 29.8 Å². The molecule has 1 aromatic rings. The zero-order valence-corrected chi connectivity index (χ0v) is 9.21. The number of sulfonamides is 1. The van der Waals surface area contributed by atoms with Gasteiger partial charge in [-0.3, -0.25) is 4.84 Å². The summed E-state index contributed by atoms with van der Waals surface area (Å²) in [4.78, 5) is 4.94. The van der Waals surface area contributed by atoms with Crippen LogP contribution in [0.3, 0.4) is 0 Å². The molecule has 0 bridgehead atoms. The molecule has 4 nitrogen and oxygen atoms in total. The van der Waals surface area contributed by atoms with E-state index in [4.69, 9.17) is 0 Å². The highest BCUT2D eigenvalue weighted by Crippen LogP contribution is 2.17. The highest BCUT2D eigenvalue weighted by atomic mass is 32.2. The molecule has 0 spiro atoms. The van der Waals surface area contributed by atoms with Gasteiger partial charge in [0.2, 0.25) is 0 Å². The molecule has 14 heavy (non-hydrogen) atoms. The van der Waals surface area contributed by atoms with Gasteiger partial charge in [0, 0.05) is 7.05 Å². The molecule has 0 saturated heterocycles. The van der Waals surface area contributed by atoms with E-state index in [-0.39, 0.29) is 4.90 Å². The van der Waals surface area contributed by atoms with Crippen molar-refractivity contribution in [3.63, 3.8) is 0 Å². The molecular formula is C9H13NO3S. The Hall–Kier alpha value is -0.910. The Balaban J connectivity index is 3.24. The molecule has 0 unspecified atom stereocenters. The molecule has 0 fully saturated rings. The van der Waals surface area contributed by atoms with Crippen molar-refractivity contribution < 1.29 is 13.3 Å². The molecule has 5 heteroatoms. The normalized spacial score (nSPS) is 12.0. The summed E-state index contributed by atoms with van der Waals surface area (Å²) in [5.41, 5.74) is 0.705. The maximum absolute atomic E-state index is 11.8. The van der Waals surface area contributed by atoms with E-state index >= 15 is 0 Å². The van der Waals surface area contributed by atoms with E-state index < -0.39 is 10.0 Å². The maximum Gasteiger partial charge on any atom is 0.264 e. The van der Waals surface area contributed by atoms with Crippen molar-refractivity contribution in [3.8, 4) is 0 Å². The smallest absolute Gasteiger partial charge is 0.264 e. The number of hydrogen-bond acceptors (Lipinski definition) is 3. The fourth-order valence-corrected chi connectivity index (χ4v) is 2.28. The minimum absolute atomic E-state index is 0.268. The quantitative estimate of drug-likeness (QED) is 0.711. The molecule has 1 aromatic carbocycles. The Morgan fingerprint density at radius 2 is 1.86 bits per heavy atom. The average molecular weight is 215 g/mol. The number of nitrogens with zero attached hydrogens (tertiary/aromatic N) is 1. The molecule has 0 aromatic heterocycles. The second-order valence-electron chi connectivity index (χ2n) is 2.86. The summed E-state index contributed by atoms with van der Waals surface area (Å²) >= 11 is 0. The van der Waals surface area contributed by atoms with Gasteiger partial charge in [-0.2, -0.15) is 0 Å². The molecule has 0 aliphatic heterocycles. The molecule has 0 N–H and O–H groups in total. The zero-order valence-electron chi connectivity index (χ0n) is 8.39. The fourth-order valence-electron chi connectivity index (χ4n) is 1.08. The summed E-state index contributed by atoms with van der Waals surface area (Å²) in [5.74, 6) is 0. The summed E-state index contributed by atoms with van der Waals surface area (Å²) < 4.78 is 24.4. The van der Waals surface area contributed by atoms with Crippen LogP contribution in [0, 0.1) is 6.92 Å². The summed E-state index contributed by atoms with van der Waals surface area (Å²) in [6, 6.07) is 6.78. The van der Waals surface area contributed by atoms with E-state index in [1.807, 2.05) is 0 Å². The molecule has 78 valence electrons. The third-order valence-electron chi connectivity index (χ3n) is 1.97. The molecule has 0 atom stereocenters. The minimum Gasteiger partial charge on any atom is -0.288 e. The van der Waals surface area contributed by atoms with Gasteiger partial charge in [0.25, 0.3) is 10.0 Å². The third kappa shape index (κ3) is 1.95. The highest BCUT2D eigenvalue weighted by Gasteiger charge is 2.21. The predicted molar refractivity (Wildman–Crippen MR) is 53.1 cm³/mol. The van der Waals surface area contributed by atoms with Gasteiger partial charge in [0.05, 0.1) is 12.0 Å². The first kappa shape index (κ1) is 11.2. The molecule has 0 amide bonds. The Morgan fingerprint density at radius 1 is 1.29 bits per heavy atom. The summed E-state index contributed by atoms with van der Waals surface area (Å²) in [6.45, 7) is 1.75. The molecular weight excluding hydrogens is 202 g/mol. The van der Waals surface area contributed by atoms with Crippen LogP contribution in [-0.2, 0) is 14.9 Å². The van der Waals surface area contributed by atoms with Crippen LogP contribution in [0.2, 0.25) is 0 Å². The lowest BCUT2D eigenvalue weighted by molar-refractivity contribution is -0.0258. The molecule has 0 saturated carbocycles. The van der Waals surface area contributed by atoms with Crippen molar-refractivity contribution in [2.45, 2.75) is 11.8 Å². The largest absolute Gasteiger partial charge is 0.288 e. The van der Waals surface area contributed by atoms with Gasteiger partial charge in [0.1, 0.15) is 0 Å². The molecule has 1 rings (SSSR count). The lowest BCUT2D eigenvalue weighted by Crippen LogP contribution is -2.26. The van der Waals surface area contributed by atoms with Crippen LogP contribution < -0.4 is 0 Å². The van der Waals surface area contributed by atoms with Gasteiger partial charge in [-0.1, -0.05) is 22.7 Å². The predicted octanol–water partition coefficient (Wildman–Crippen LogP) is 1.18. The Kier molecular flexibility index (Phi) is 3.25. The van der Waals surface area contributed by atoms with Gasteiger partial charge < -0.3 is 0 Å². The van der Waals surface area contributed by atoms with Crippen LogP contribution in [0.15, 0.2) is 29.2 Å². The van der Waals surface area contributed by atoms with E-state index in [0.29, 0.717) is 5.56 Å². The summed E-state index contributed by atoms with van der Waals surface area (Å²) in [5, 5.41) is 0. The van der Waals surface area contributed by atoms with Crippen LogP contribution >= 0.6 is 0 Å². The molecule has 0 radical (unpaired) electrons. The standard InChI is InChI=1S/C9H13NO3S/c1-8-6-4-5-7-9(8)14(11,12)10(2)13-3/h4-7H,1-3H3. The fraction of sp³-hybridized carbons (Fsp3) is 0.333. The monoisotopic (exact) mass is 215 g/mol. The summed E-state index contributed by atoms with van der Waals surface area (Å²) in [7, 11) is -0.830. The van der Waals surface area contributed by atoms with Crippen LogP contribution in [0.25, 0.3) is 0 Å². The average Bonchev–Trinajstić information content (AvgIpc) is 2.17. The summed E-state index contributed by atoms with van der Waals surface area (Å²) in [6.07, 6.45) is 0. The van der Waals surface area contributed by atoms with Crippen LogP contribution in [0.4, 0.5) is 0 Å². The maximum atomic E-state index is 11.8. The van der Waals surface area contributed by atoms with E-state index in [1.54, 1.807) is 31.2 Å². The van der Waals surface area contributed by atoms with Gasteiger partial charge in [-0.25, -0.2) is 8.42 Å². The van der Waals surface area contributed by atoms with Crippen molar-refractivity contribution in [1.29, 1.82) is 0 Å². The van der Waals surface area contributed by atoms with E-state index in [9.17, 15) is 8.42 Å². The second-order valence-corrected chi connectivity index (χ2v) is 4.77. The molecule has 0 aliphatic carbocycles. The topological polar surface area (TPSA) is 46.6 Å². The van der Waals surface area contributed by atoms with Gasteiger partial charge in [0.15, 0.2) is 0 Å². The zero-order chi connectivity index (χ0) is 10.8. The highest BCUT2D eigenvalue weighted by molar-refractivity contribution is 7.89. The number of aryl methyl sites for hydroxylation is 1. The first-order valence-electron chi connectivity index (χ1n) is 4.09. The van der Waals surface area contributed by atoms with E-state index in [1.165, 1.54) is 14.2 Å². The number of benzene rings is 1. The Labute approximate surface area is 84.1 Å². The first-order chi connectivity index (χ1) is 6.50. The van der Waals surface area contributed by atoms with Crippen LogP contribution in [0.1, 0.15) is 5.56 Å². The van der Waals surface area contributed by atoms with Crippen LogP contribution in [-0.4, -0.2) is 27.0 Å². The Morgan fingerprint density at radius 3 is 2.36 bits per heavy atom. The lowest BCUT2D eigenvalue weighted by Gasteiger charge is -2.15. The van der Waals surface area contributed by atoms with Crippen molar-refractivity contribution in [1.82, 2.24) is 4.47 Å². The van der Waals surface area contributed by atoms with Gasteiger partial charge >= 0.3 is 0 Å². The number of hydrogen-bond donors (Lipinski definition) is 0. The van der Waals surface area contributed by atoms with Gasteiger partial charge in [-0.05, 0) is 18.6 Å². The first-order valence-corrected chi connectivity index (χ1v) is 5.53.